The molecule has 1 N–H and O–H groups in total. The molecule has 0 unspecified atom stereocenters. The number of rotatable bonds is 2. The summed E-state index contributed by atoms with van der Waals surface area (Å²) in [6, 6.07) is 16.5. The molecule has 0 fully saturated rings. The summed E-state index contributed by atoms with van der Waals surface area (Å²) in [4.78, 5) is 27.5. The molecule has 4 aromatic rings. The van der Waals surface area contributed by atoms with Gasteiger partial charge in [0.05, 0.1) is 16.7 Å². The first-order valence-electron chi connectivity index (χ1n) is 10.7. The van der Waals surface area contributed by atoms with E-state index >= 15 is 0 Å². The Balaban J connectivity index is 0.000000449. The van der Waals surface area contributed by atoms with Crippen molar-refractivity contribution in [3.63, 3.8) is 0 Å². The summed E-state index contributed by atoms with van der Waals surface area (Å²) in [5, 5.41) is 9.53. The zero-order valence-electron chi connectivity index (χ0n) is 20.1. The van der Waals surface area contributed by atoms with Crippen LogP contribution in [0.4, 0.5) is 0 Å². The van der Waals surface area contributed by atoms with Gasteiger partial charge in [-0.3, -0.25) is 9.59 Å². The Bertz CT molecular complexity index is 1420. The molecule has 0 radical (unpaired) electrons. The number of carbonyl (C=O) groups excluding carboxylic acids is 1. The zero-order chi connectivity index (χ0) is 24.3. The summed E-state index contributed by atoms with van der Waals surface area (Å²) in [6.07, 6.45) is 2.93. The molecule has 0 bridgehead atoms. The molecule has 2 aromatic carbocycles. The fourth-order valence-electron chi connectivity index (χ4n) is 3.39. The first-order valence-corrected chi connectivity index (χ1v) is 10.7. The van der Waals surface area contributed by atoms with Crippen molar-refractivity contribution in [3.8, 4) is 11.3 Å². The molecular weight excluding hydrogens is 609 g/mol. The molecule has 180 valence electrons. The van der Waals surface area contributed by atoms with Crippen LogP contribution < -0.4 is 5.43 Å². The first kappa shape index (κ1) is 27.2. The molecule has 0 aliphatic carbocycles. The molecule has 0 aliphatic rings. The van der Waals surface area contributed by atoms with Crippen LogP contribution in [0, 0.1) is 13.0 Å². The minimum atomic E-state index is -0.125. The molecule has 0 saturated carbocycles. The molecule has 4 rings (SSSR count). The fourth-order valence-corrected chi connectivity index (χ4v) is 3.39. The van der Waals surface area contributed by atoms with Crippen LogP contribution in [0.25, 0.3) is 33.2 Å². The molecule has 34 heavy (non-hydrogen) atoms. The third-order valence-electron chi connectivity index (χ3n) is 5.07. The number of nitrogens with zero attached hydrogens (tertiary/aromatic N) is 1. The van der Waals surface area contributed by atoms with Gasteiger partial charge < -0.3 is 14.5 Å². The largest absolute Gasteiger partial charge is 0.512 e. The van der Waals surface area contributed by atoms with Gasteiger partial charge in [-0.15, -0.1) is 23.8 Å². The van der Waals surface area contributed by atoms with E-state index in [-0.39, 0.29) is 43.5 Å². The predicted molar refractivity (Wildman–Crippen MR) is 133 cm³/mol. The van der Waals surface area contributed by atoms with Gasteiger partial charge in [0, 0.05) is 33.3 Å². The molecular formula is C28H28NO4Pt-. The summed E-state index contributed by atoms with van der Waals surface area (Å²) in [5.41, 5.74) is 4.91. The molecule has 0 aliphatic heterocycles. The minimum Gasteiger partial charge on any atom is -0.512 e. The number of pyridine rings is 1. The summed E-state index contributed by atoms with van der Waals surface area (Å²) >= 11 is 0. The first-order chi connectivity index (χ1) is 15.5. The second-order valence-corrected chi connectivity index (χ2v) is 9.13. The third-order valence-corrected chi connectivity index (χ3v) is 5.07. The van der Waals surface area contributed by atoms with E-state index < -0.39 is 0 Å². The van der Waals surface area contributed by atoms with Gasteiger partial charge in [0.2, 0.25) is 0 Å². The minimum absolute atomic E-state index is 0. The van der Waals surface area contributed by atoms with Crippen molar-refractivity contribution >= 4 is 27.7 Å². The van der Waals surface area contributed by atoms with Gasteiger partial charge in [0.15, 0.2) is 11.2 Å². The van der Waals surface area contributed by atoms with Crippen LogP contribution in [0.5, 0.6) is 0 Å². The zero-order valence-corrected chi connectivity index (χ0v) is 22.4. The average molecular weight is 638 g/mol. The van der Waals surface area contributed by atoms with Gasteiger partial charge in [0.1, 0.15) is 5.58 Å². The number of ketones is 1. The van der Waals surface area contributed by atoms with Gasteiger partial charge in [-0.1, -0.05) is 38.5 Å². The van der Waals surface area contributed by atoms with E-state index in [1.54, 1.807) is 12.3 Å². The summed E-state index contributed by atoms with van der Waals surface area (Å²) in [7, 11) is 0. The van der Waals surface area contributed by atoms with E-state index in [9.17, 15) is 9.59 Å². The molecule has 5 nitrogen and oxygen atoms in total. The summed E-state index contributed by atoms with van der Waals surface area (Å²) in [6.45, 7) is 11.3. The van der Waals surface area contributed by atoms with Crippen LogP contribution in [-0.2, 0) is 31.3 Å². The van der Waals surface area contributed by atoms with E-state index in [0.29, 0.717) is 21.9 Å². The van der Waals surface area contributed by atoms with Crippen LogP contribution in [0.3, 0.4) is 0 Å². The van der Waals surface area contributed by atoms with Crippen LogP contribution in [-0.4, -0.2) is 15.9 Å². The Morgan fingerprint density at radius 2 is 1.74 bits per heavy atom. The molecule has 0 amide bonds. The smallest absolute Gasteiger partial charge is 0.182 e. The van der Waals surface area contributed by atoms with Gasteiger partial charge in [0.25, 0.3) is 0 Å². The molecule has 2 heterocycles. The number of aliphatic hydroxyl groups excluding tert-OH is 1. The van der Waals surface area contributed by atoms with Crippen molar-refractivity contribution < 1.29 is 35.4 Å². The number of aliphatic hydroxyl groups is 1. The van der Waals surface area contributed by atoms with E-state index in [0.717, 1.165) is 22.4 Å². The van der Waals surface area contributed by atoms with Crippen LogP contribution in [0.1, 0.15) is 45.7 Å². The maximum absolute atomic E-state index is 13.1. The molecule has 0 spiro atoms. The number of carbonyl (C=O) groups is 1. The van der Waals surface area contributed by atoms with Gasteiger partial charge in [-0.25, -0.2) is 0 Å². The maximum Gasteiger partial charge on any atom is 0.182 e. The van der Waals surface area contributed by atoms with E-state index in [1.165, 1.54) is 19.9 Å². The van der Waals surface area contributed by atoms with E-state index in [1.807, 2.05) is 43.3 Å². The summed E-state index contributed by atoms with van der Waals surface area (Å²) < 4.78 is 5.96. The van der Waals surface area contributed by atoms with Gasteiger partial charge >= 0.3 is 0 Å². The SMILES string of the molecule is CC(=O)C=C(C)O.Cc1ccnc(-c2[c-]cc3oc4ccc(C(C)(C)C)cc4c(=O)c3c2)c1.[Pt]. The Morgan fingerprint density at radius 1 is 1.06 bits per heavy atom. The van der Waals surface area contributed by atoms with Crippen molar-refractivity contribution in [2.75, 3.05) is 0 Å². The normalized spacial score (nSPS) is 11.5. The van der Waals surface area contributed by atoms with E-state index in [2.05, 4.69) is 31.8 Å². The molecule has 0 saturated heterocycles. The molecule has 2 aromatic heterocycles. The van der Waals surface area contributed by atoms with E-state index in [4.69, 9.17) is 9.52 Å². The average Bonchev–Trinajstić information content (AvgIpc) is 2.72. The number of benzene rings is 2. The second-order valence-electron chi connectivity index (χ2n) is 9.13. The topological polar surface area (TPSA) is 80.4 Å². The number of aromatic nitrogens is 1. The van der Waals surface area contributed by atoms with Crippen molar-refractivity contribution in [1.29, 1.82) is 0 Å². The van der Waals surface area contributed by atoms with Crippen LogP contribution in [0.2, 0.25) is 0 Å². The number of hydrogen-bond donors (Lipinski definition) is 1. The molecule has 6 heteroatoms. The quantitative estimate of drug-likeness (QED) is 0.118. The Kier molecular flexibility index (Phi) is 8.74. The van der Waals surface area contributed by atoms with Crippen molar-refractivity contribution in [3.05, 3.63) is 87.9 Å². The third kappa shape index (κ3) is 6.51. The number of allylic oxidation sites excluding steroid dienone is 2. The fraction of sp³-hybridized carbons (Fsp3) is 0.250. The Morgan fingerprint density at radius 3 is 2.29 bits per heavy atom. The molecule has 0 atom stereocenters. The second kappa shape index (κ2) is 10.9. The van der Waals surface area contributed by atoms with Crippen molar-refractivity contribution in [1.82, 2.24) is 4.98 Å². The monoisotopic (exact) mass is 637 g/mol. The van der Waals surface area contributed by atoms with Crippen molar-refractivity contribution in [2.24, 2.45) is 0 Å². The Labute approximate surface area is 213 Å². The maximum atomic E-state index is 13.1. The standard InChI is InChI=1S/C23H20NO2.C5H8O2.Pt/c1-14-9-10-24-19(11-14)15-5-7-20-17(12-15)22(25)18-13-16(23(2,3)4)6-8-21(18)26-20;1-4(6)3-5(2)7;/h6-13H,1-4H3;3,6H,1-2H3;/q-1;;. The van der Waals surface area contributed by atoms with Crippen LogP contribution >= 0.6 is 0 Å². The number of fused-ring (bicyclic) bond motifs is 2. The summed E-state index contributed by atoms with van der Waals surface area (Å²) in [5.74, 6) is -0.0625. The van der Waals surface area contributed by atoms with Crippen LogP contribution in [0.15, 0.2) is 69.7 Å². The number of hydrogen-bond acceptors (Lipinski definition) is 5. The Hall–Kier alpha value is -3.04. The predicted octanol–water partition coefficient (Wildman–Crippen LogP) is 6.45. The van der Waals surface area contributed by atoms with Crippen molar-refractivity contribution in [2.45, 2.75) is 47.0 Å². The van der Waals surface area contributed by atoms with Gasteiger partial charge in [-0.2, -0.15) is 0 Å². The van der Waals surface area contributed by atoms with Gasteiger partial charge in [-0.05, 0) is 61.0 Å². The number of aryl methyl sites for hydroxylation is 1.